The van der Waals surface area contributed by atoms with Crippen molar-refractivity contribution in [1.29, 1.82) is 0 Å². The van der Waals surface area contributed by atoms with Gasteiger partial charge in [0.1, 0.15) is 5.75 Å². The zero-order valence-corrected chi connectivity index (χ0v) is 13.2. The molecule has 0 heterocycles. The summed E-state index contributed by atoms with van der Waals surface area (Å²) < 4.78 is 32.2. The van der Waals surface area contributed by atoms with Crippen LogP contribution in [0.5, 0.6) is 5.75 Å². The number of para-hydroxylation sites is 1. The summed E-state index contributed by atoms with van der Waals surface area (Å²) in [4.78, 5) is 9.87. The van der Waals surface area contributed by atoms with E-state index in [-0.39, 0.29) is 11.4 Å². The fourth-order valence-electron chi connectivity index (χ4n) is 1.96. The van der Waals surface area contributed by atoms with E-state index >= 15 is 0 Å². The fourth-order valence-corrected chi connectivity index (χ4v) is 3.15. The molecule has 7 nitrogen and oxygen atoms in total. The van der Waals surface area contributed by atoms with Crippen LogP contribution in [0.4, 0.5) is 5.69 Å². The van der Waals surface area contributed by atoms with Crippen LogP contribution >= 0.6 is 0 Å². The predicted molar refractivity (Wildman–Crippen MR) is 84.7 cm³/mol. The van der Waals surface area contributed by atoms with Crippen LogP contribution < -0.4 is 9.46 Å². The van der Waals surface area contributed by atoms with Gasteiger partial charge in [0.25, 0.3) is 5.69 Å². The fraction of sp³-hybridized carbons (Fsp3) is 0.200. The molecule has 0 fully saturated rings. The lowest BCUT2D eigenvalue weighted by Crippen LogP contribution is -2.24. The normalized spacial score (nSPS) is 11.2. The monoisotopic (exact) mass is 336 g/mol. The molecule has 0 aromatic heterocycles. The highest BCUT2D eigenvalue weighted by molar-refractivity contribution is 7.89. The van der Waals surface area contributed by atoms with E-state index in [1.807, 2.05) is 6.92 Å². The SMILES string of the molecule is CCOc1ccc(CNS(=O)(=O)c2ccccc2[N+](=O)[O-])cc1. The maximum atomic E-state index is 12.3. The number of hydrogen-bond donors (Lipinski definition) is 1. The summed E-state index contributed by atoms with van der Waals surface area (Å²) in [6.45, 7) is 2.44. The number of benzene rings is 2. The van der Waals surface area contributed by atoms with Gasteiger partial charge in [0.15, 0.2) is 4.90 Å². The van der Waals surface area contributed by atoms with Crippen molar-refractivity contribution in [3.05, 3.63) is 64.2 Å². The van der Waals surface area contributed by atoms with Crippen LogP contribution in [-0.2, 0) is 16.6 Å². The smallest absolute Gasteiger partial charge is 0.289 e. The number of rotatable bonds is 7. The highest BCUT2D eigenvalue weighted by atomic mass is 32.2. The zero-order chi connectivity index (χ0) is 16.9. The van der Waals surface area contributed by atoms with Crippen molar-refractivity contribution in [1.82, 2.24) is 4.72 Å². The molecule has 122 valence electrons. The Balaban J connectivity index is 2.14. The lowest BCUT2D eigenvalue weighted by Gasteiger charge is -2.08. The first-order valence-electron chi connectivity index (χ1n) is 6.89. The molecule has 0 saturated carbocycles. The predicted octanol–water partition coefficient (Wildman–Crippen LogP) is 2.47. The molecule has 0 radical (unpaired) electrons. The van der Waals surface area contributed by atoms with Gasteiger partial charge < -0.3 is 4.74 Å². The molecule has 0 bridgehead atoms. The minimum atomic E-state index is -3.98. The van der Waals surface area contributed by atoms with E-state index in [0.29, 0.717) is 12.4 Å². The quantitative estimate of drug-likeness (QED) is 0.618. The summed E-state index contributed by atoms with van der Waals surface area (Å²) in [7, 11) is -3.98. The van der Waals surface area contributed by atoms with Crippen molar-refractivity contribution in [2.24, 2.45) is 0 Å². The van der Waals surface area contributed by atoms with Crippen LogP contribution in [0, 0.1) is 10.1 Å². The molecular weight excluding hydrogens is 320 g/mol. The van der Waals surface area contributed by atoms with E-state index in [1.54, 1.807) is 24.3 Å². The van der Waals surface area contributed by atoms with Crippen LogP contribution in [0.2, 0.25) is 0 Å². The van der Waals surface area contributed by atoms with Crippen molar-refractivity contribution in [3.8, 4) is 5.75 Å². The molecular formula is C15H16N2O5S. The van der Waals surface area contributed by atoms with Crippen LogP contribution in [0.15, 0.2) is 53.4 Å². The van der Waals surface area contributed by atoms with E-state index in [0.717, 1.165) is 11.6 Å². The molecule has 0 saturated heterocycles. The topological polar surface area (TPSA) is 98.5 Å². The average Bonchev–Trinajstić information content (AvgIpc) is 2.54. The Kier molecular flexibility index (Phi) is 5.30. The average molecular weight is 336 g/mol. The molecule has 0 unspecified atom stereocenters. The van der Waals surface area contributed by atoms with E-state index in [1.165, 1.54) is 18.2 Å². The Morgan fingerprint density at radius 2 is 1.78 bits per heavy atom. The van der Waals surface area contributed by atoms with Gasteiger partial charge in [0, 0.05) is 12.6 Å². The number of ether oxygens (including phenoxy) is 1. The molecule has 2 aromatic carbocycles. The van der Waals surface area contributed by atoms with Crippen molar-refractivity contribution in [2.45, 2.75) is 18.4 Å². The number of nitrogens with one attached hydrogen (secondary N) is 1. The first kappa shape index (κ1) is 16.9. The molecule has 1 N–H and O–H groups in total. The number of sulfonamides is 1. The third kappa shape index (κ3) is 4.27. The number of nitro groups is 1. The summed E-state index contributed by atoms with van der Waals surface area (Å²) in [6.07, 6.45) is 0. The van der Waals surface area contributed by atoms with Crippen LogP contribution in [0.3, 0.4) is 0 Å². The first-order chi connectivity index (χ1) is 10.9. The summed E-state index contributed by atoms with van der Waals surface area (Å²) in [5, 5.41) is 10.9. The second-order valence-corrected chi connectivity index (χ2v) is 6.36. The molecule has 0 aliphatic rings. The van der Waals surface area contributed by atoms with Crippen molar-refractivity contribution in [3.63, 3.8) is 0 Å². The van der Waals surface area contributed by atoms with Gasteiger partial charge in [0.2, 0.25) is 10.0 Å². The van der Waals surface area contributed by atoms with E-state index in [9.17, 15) is 18.5 Å². The molecule has 0 spiro atoms. The van der Waals surface area contributed by atoms with E-state index in [2.05, 4.69) is 4.72 Å². The molecule has 23 heavy (non-hydrogen) atoms. The molecule has 0 amide bonds. The minimum Gasteiger partial charge on any atom is -0.494 e. The van der Waals surface area contributed by atoms with Gasteiger partial charge in [-0.3, -0.25) is 10.1 Å². The Hall–Kier alpha value is -2.45. The second-order valence-electron chi connectivity index (χ2n) is 4.63. The zero-order valence-electron chi connectivity index (χ0n) is 12.4. The molecule has 0 aliphatic carbocycles. The second kappa shape index (κ2) is 7.21. The molecule has 0 aliphatic heterocycles. The van der Waals surface area contributed by atoms with Gasteiger partial charge >= 0.3 is 0 Å². The Bertz CT molecular complexity index is 788. The summed E-state index contributed by atoms with van der Waals surface area (Å²) in [6, 6.07) is 12.2. The van der Waals surface area contributed by atoms with Gasteiger partial charge in [-0.2, -0.15) is 0 Å². The molecule has 2 rings (SSSR count). The minimum absolute atomic E-state index is 0.0286. The number of hydrogen-bond acceptors (Lipinski definition) is 5. The largest absolute Gasteiger partial charge is 0.494 e. The standard InChI is InChI=1S/C15H16N2O5S/c1-2-22-13-9-7-12(8-10-13)11-16-23(20,21)15-6-4-3-5-14(15)17(18)19/h3-10,16H,2,11H2,1H3. The number of nitrogens with zero attached hydrogens (tertiary/aromatic N) is 1. The van der Waals surface area contributed by atoms with Gasteiger partial charge in [-0.15, -0.1) is 0 Å². The lowest BCUT2D eigenvalue weighted by molar-refractivity contribution is -0.387. The van der Waals surface area contributed by atoms with Crippen LogP contribution in [0.25, 0.3) is 0 Å². The van der Waals surface area contributed by atoms with E-state index in [4.69, 9.17) is 4.74 Å². The Morgan fingerprint density at radius 3 is 2.39 bits per heavy atom. The van der Waals surface area contributed by atoms with Crippen LogP contribution in [-0.4, -0.2) is 19.9 Å². The lowest BCUT2D eigenvalue weighted by atomic mass is 10.2. The Morgan fingerprint density at radius 1 is 1.13 bits per heavy atom. The van der Waals surface area contributed by atoms with E-state index < -0.39 is 20.6 Å². The van der Waals surface area contributed by atoms with Gasteiger partial charge in [0.05, 0.1) is 11.5 Å². The summed E-state index contributed by atoms with van der Waals surface area (Å²) in [5.41, 5.74) is 0.266. The van der Waals surface area contributed by atoms with Gasteiger partial charge in [-0.05, 0) is 30.7 Å². The first-order valence-corrected chi connectivity index (χ1v) is 8.37. The molecule has 0 atom stereocenters. The summed E-state index contributed by atoms with van der Waals surface area (Å²) >= 11 is 0. The van der Waals surface area contributed by atoms with Gasteiger partial charge in [-0.1, -0.05) is 24.3 Å². The molecule has 2 aromatic rings. The summed E-state index contributed by atoms with van der Waals surface area (Å²) in [5.74, 6) is 0.692. The molecule has 8 heteroatoms. The highest BCUT2D eigenvalue weighted by Gasteiger charge is 2.24. The van der Waals surface area contributed by atoms with Gasteiger partial charge in [-0.25, -0.2) is 13.1 Å². The van der Waals surface area contributed by atoms with Crippen molar-refractivity contribution in [2.75, 3.05) is 6.61 Å². The highest BCUT2D eigenvalue weighted by Crippen LogP contribution is 2.23. The maximum Gasteiger partial charge on any atom is 0.289 e. The van der Waals surface area contributed by atoms with Crippen molar-refractivity contribution < 1.29 is 18.1 Å². The Labute approximate surface area is 134 Å². The maximum absolute atomic E-state index is 12.3. The third-order valence-electron chi connectivity index (χ3n) is 3.05. The number of nitro benzene ring substituents is 1. The third-order valence-corrected chi connectivity index (χ3v) is 4.50. The van der Waals surface area contributed by atoms with Crippen LogP contribution in [0.1, 0.15) is 12.5 Å². The van der Waals surface area contributed by atoms with Crippen molar-refractivity contribution >= 4 is 15.7 Å².